The van der Waals surface area contributed by atoms with E-state index in [2.05, 4.69) is 15.3 Å². The van der Waals surface area contributed by atoms with E-state index in [1.807, 2.05) is 30.3 Å². The Morgan fingerprint density at radius 2 is 1.77 bits per heavy atom. The number of hydrogen-bond donors (Lipinski definition) is 2. The van der Waals surface area contributed by atoms with Gasteiger partial charge in [0.2, 0.25) is 5.91 Å². The molecule has 202 valence electrons. The molecule has 0 saturated heterocycles. The second-order valence-corrected chi connectivity index (χ2v) is 9.69. The van der Waals surface area contributed by atoms with Gasteiger partial charge in [-0.15, -0.1) is 0 Å². The number of aromatic nitrogens is 3. The monoisotopic (exact) mass is 534 g/mol. The van der Waals surface area contributed by atoms with Crippen LogP contribution in [0.4, 0.5) is 14.6 Å². The summed E-state index contributed by atoms with van der Waals surface area (Å²) in [4.78, 5) is 34.0. The van der Waals surface area contributed by atoms with Gasteiger partial charge in [0.1, 0.15) is 23.8 Å². The van der Waals surface area contributed by atoms with Crippen LogP contribution in [-0.4, -0.2) is 38.6 Å². The smallest absolute Gasteiger partial charge is 0.337 e. The van der Waals surface area contributed by atoms with Crippen molar-refractivity contribution in [3.8, 4) is 0 Å². The molecule has 0 radical (unpaired) electrons. The van der Waals surface area contributed by atoms with E-state index in [9.17, 15) is 23.5 Å². The van der Waals surface area contributed by atoms with Gasteiger partial charge in [-0.1, -0.05) is 49.6 Å². The Balaban J connectivity index is 1.66. The third-order valence-corrected chi connectivity index (χ3v) is 7.24. The Bertz CT molecular complexity index is 1480. The average molecular weight is 535 g/mol. The summed E-state index contributed by atoms with van der Waals surface area (Å²) in [6.45, 7) is 0. The first-order chi connectivity index (χ1) is 18.9. The number of pyridine rings is 1. The first-order valence-corrected chi connectivity index (χ1v) is 12.8. The molecule has 4 aromatic rings. The molecule has 2 aromatic carbocycles. The highest BCUT2D eigenvalue weighted by Gasteiger charge is 2.36. The fraction of sp³-hybridized carbons (Fsp3) is 0.310. The summed E-state index contributed by atoms with van der Waals surface area (Å²) < 4.78 is 36.4. The first-order valence-electron chi connectivity index (χ1n) is 12.8. The van der Waals surface area contributed by atoms with Crippen LogP contribution in [0.3, 0.4) is 0 Å². The zero-order valence-corrected chi connectivity index (χ0v) is 21.3. The minimum atomic E-state index is -1.13. The highest BCUT2D eigenvalue weighted by Crippen LogP contribution is 2.39. The molecule has 2 aromatic heterocycles. The second kappa shape index (κ2) is 11.3. The molecular weight excluding hydrogens is 506 g/mol. The number of aromatic carboxylic acids is 1. The van der Waals surface area contributed by atoms with Crippen LogP contribution in [0.1, 0.15) is 66.0 Å². The fourth-order valence-electron chi connectivity index (χ4n) is 5.39. The van der Waals surface area contributed by atoms with Crippen molar-refractivity contribution in [1.29, 1.82) is 0 Å². The number of rotatable bonds is 8. The van der Waals surface area contributed by atoms with Crippen molar-refractivity contribution >= 4 is 28.7 Å². The van der Waals surface area contributed by atoms with Gasteiger partial charge in [-0.3, -0.25) is 4.79 Å². The summed E-state index contributed by atoms with van der Waals surface area (Å²) in [5.74, 6) is -3.20. The topological polar surface area (TPSA) is 106 Å². The van der Waals surface area contributed by atoms with Gasteiger partial charge >= 0.3 is 5.97 Å². The SMILES string of the molecule is CO[C@@H](c1ccccc1)c1nc2cc(F)c(F)cc2n1[C@@H](C(=O)Nc1ccc(C(=O)O)cn1)C1CCCCC1. The normalized spacial score (nSPS) is 15.7. The van der Waals surface area contributed by atoms with Crippen molar-refractivity contribution in [3.05, 3.63) is 89.4 Å². The summed E-state index contributed by atoms with van der Waals surface area (Å²) in [6.07, 6.45) is 4.88. The average Bonchev–Trinajstić information content (AvgIpc) is 3.28. The van der Waals surface area contributed by atoms with Crippen LogP contribution < -0.4 is 5.32 Å². The van der Waals surface area contributed by atoms with Gasteiger partial charge in [-0.25, -0.2) is 23.5 Å². The molecule has 0 unspecified atom stereocenters. The van der Waals surface area contributed by atoms with E-state index in [0.29, 0.717) is 5.82 Å². The number of nitrogens with one attached hydrogen (secondary N) is 1. The molecule has 1 amide bonds. The van der Waals surface area contributed by atoms with Crippen molar-refractivity contribution in [2.24, 2.45) is 5.92 Å². The van der Waals surface area contributed by atoms with Gasteiger partial charge in [0.15, 0.2) is 11.6 Å². The van der Waals surface area contributed by atoms with E-state index < -0.39 is 35.7 Å². The van der Waals surface area contributed by atoms with Crippen LogP contribution in [0.25, 0.3) is 11.0 Å². The van der Waals surface area contributed by atoms with Crippen LogP contribution in [-0.2, 0) is 9.53 Å². The fourth-order valence-corrected chi connectivity index (χ4v) is 5.39. The van der Waals surface area contributed by atoms with Crippen LogP contribution >= 0.6 is 0 Å². The zero-order chi connectivity index (χ0) is 27.5. The number of amides is 1. The Hall–Kier alpha value is -4.18. The largest absolute Gasteiger partial charge is 0.478 e. The third-order valence-electron chi connectivity index (χ3n) is 7.24. The standard InChI is InChI=1S/C29H28F2N4O4/c1-39-26(18-10-6-3-7-11-18)27-33-22-14-20(30)21(31)15-23(22)35(27)25(17-8-4-2-5-9-17)28(36)34-24-13-12-19(16-32-24)29(37)38/h3,6-7,10-17,25-26H,2,4-5,8-9H2,1H3,(H,37,38)(H,32,34,36)/t25-,26+/m1/s1. The lowest BCUT2D eigenvalue weighted by Crippen LogP contribution is -2.35. The summed E-state index contributed by atoms with van der Waals surface area (Å²) in [5, 5.41) is 12.0. The third kappa shape index (κ3) is 5.37. The lowest BCUT2D eigenvalue weighted by molar-refractivity contribution is -0.121. The number of carboxylic acids is 1. The highest BCUT2D eigenvalue weighted by atomic mass is 19.2. The van der Waals surface area contributed by atoms with Crippen LogP contribution in [0.2, 0.25) is 0 Å². The summed E-state index contributed by atoms with van der Waals surface area (Å²) in [6, 6.07) is 13.3. The molecule has 2 heterocycles. The van der Waals surface area contributed by atoms with Gasteiger partial charge < -0.3 is 19.7 Å². The number of carbonyl (C=O) groups excluding carboxylic acids is 1. The Morgan fingerprint density at radius 1 is 1.05 bits per heavy atom. The van der Waals surface area contributed by atoms with E-state index in [1.54, 1.807) is 4.57 Å². The Kier molecular flexibility index (Phi) is 7.65. The molecule has 1 fully saturated rings. The van der Waals surface area contributed by atoms with Crippen molar-refractivity contribution in [3.63, 3.8) is 0 Å². The molecule has 39 heavy (non-hydrogen) atoms. The van der Waals surface area contributed by atoms with E-state index >= 15 is 0 Å². The Labute approximate surface area is 223 Å². The quantitative estimate of drug-likeness (QED) is 0.291. The molecular formula is C29H28F2N4O4. The molecule has 10 heteroatoms. The lowest BCUT2D eigenvalue weighted by Gasteiger charge is -2.32. The molecule has 0 spiro atoms. The lowest BCUT2D eigenvalue weighted by atomic mass is 9.83. The van der Waals surface area contributed by atoms with Gasteiger partial charge in [0, 0.05) is 25.4 Å². The second-order valence-electron chi connectivity index (χ2n) is 9.69. The number of hydrogen-bond acceptors (Lipinski definition) is 5. The number of carboxylic acid groups (broad SMARTS) is 1. The van der Waals surface area contributed by atoms with Crippen LogP contribution in [0.5, 0.6) is 0 Å². The first kappa shape index (κ1) is 26.4. The number of carbonyl (C=O) groups is 2. The molecule has 1 aliphatic carbocycles. The molecule has 8 nitrogen and oxygen atoms in total. The number of halogens is 2. The van der Waals surface area contributed by atoms with Crippen LogP contribution in [0, 0.1) is 17.6 Å². The molecule has 5 rings (SSSR count). The maximum Gasteiger partial charge on any atom is 0.337 e. The van der Waals surface area contributed by atoms with E-state index in [1.165, 1.54) is 25.4 Å². The maximum absolute atomic E-state index is 14.6. The number of imidazole rings is 1. The van der Waals surface area contributed by atoms with Gasteiger partial charge in [0.05, 0.1) is 16.6 Å². The molecule has 2 atom stereocenters. The number of fused-ring (bicyclic) bond motifs is 1. The maximum atomic E-state index is 14.6. The van der Waals surface area contributed by atoms with Gasteiger partial charge in [-0.05, 0) is 36.5 Å². The minimum Gasteiger partial charge on any atom is -0.478 e. The predicted octanol–water partition coefficient (Wildman–Crippen LogP) is 5.90. The molecule has 2 N–H and O–H groups in total. The zero-order valence-electron chi connectivity index (χ0n) is 21.3. The summed E-state index contributed by atoms with van der Waals surface area (Å²) >= 11 is 0. The van der Waals surface area contributed by atoms with Crippen molar-refractivity contribution in [2.75, 3.05) is 12.4 Å². The highest BCUT2D eigenvalue weighted by molar-refractivity contribution is 5.95. The van der Waals surface area contributed by atoms with E-state index in [-0.39, 0.29) is 28.3 Å². The summed E-state index contributed by atoms with van der Waals surface area (Å²) in [5.41, 5.74) is 1.25. The van der Waals surface area contributed by atoms with Crippen molar-refractivity contribution in [2.45, 2.75) is 44.2 Å². The minimum absolute atomic E-state index is 0.0111. The van der Waals surface area contributed by atoms with E-state index in [0.717, 1.165) is 49.8 Å². The number of nitrogens with zero attached hydrogens (tertiary/aromatic N) is 3. The number of ether oxygens (including phenoxy) is 1. The van der Waals surface area contributed by atoms with Crippen molar-refractivity contribution in [1.82, 2.24) is 14.5 Å². The number of anilines is 1. The number of methoxy groups -OCH3 is 1. The molecule has 1 saturated carbocycles. The van der Waals surface area contributed by atoms with Gasteiger partial charge in [-0.2, -0.15) is 0 Å². The molecule has 0 bridgehead atoms. The number of benzene rings is 2. The van der Waals surface area contributed by atoms with Crippen LogP contribution in [0.15, 0.2) is 60.8 Å². The van der Waals surface area contributed by atoms with Crippen molar-refractivity contribution < 1.29 is 28.2 Å². The summed E-state index contributed by atoms with van der Waals surface area (Å²) in [7, 11) is 1.52. The van der Waals surface area contributed by atoms with Gasteiger partial charge in [0.25, 0.3) is 0 Å². The molecule has 1 aliphatic rings. The predicted molar refractivity (Wildman–Crippen MR) is 140 cm³/mol. The molecule has 0 aliphatic heterocycles. The van der Waals surface area contributed by atoms with E-state index in [4.69, 9.17) is 4.74 Å². The Morgan fingerprint density at radius 3 is 2.41 bits per heavy atom.